The number of nitrogen functional groups attached to an aromatic ring is 1. The van der Waals surface area contributed by atoms with Gasteiger partial charge in [-0.1, -0.05) is 30.3 Å². The molecule has 94 valence electrons. The van der Waals surface area contributed by atoms with Crippen molar-refractivity contribution in [2.45, 2.75) is 13.1 Å². The number of hydrogen-bond donors (Lipinski definition) is 1. The molecule has 0 atom stereocenters. The molecule has 0 aromatic heterocycles. The summed E-state index contributed by atoms with van der Waals surface area (Å²) in [6, 6.07) is 10.9. The molecule has 2 rings (SSSR count). The van der Waals surface area contributed by atoms with Gasteiger partial charge in [-0.05, 0) is 35.7 Å². The molecule has 0 heterocycles. The van der Waals surface area contributed by atoms with Gasteiger partial charge in [-0.3, -0.25) is 0 Å². The summed E-state index contributed by atoms with van der Waals surface area (Å²) in [6.07, 6.45) is -4.41. The third-order valence-electron chi connectivity index (χ3n) is 2.78. The van der Waals surface area contributed by atoms with Crippen molar-refractivity contribution in [2.75, 3.05) is 5.73 Å². The Bertz CT molecular complexity index is 573. The van der Waals surface area contributed by atoms with E-state index in [1.165, 1.54) is 12.1 Å². The lowest BCUT2D eigenvalue weighted by Gasteiger charge is -2.15. The summed E-state index contributed by atoms with van der Waals surface area (Å²) in [6.45, 7) is 1.78. The highest BCUT2D eigenvalue weighted by molar-refractivity contribution is 5.73. The molecule has 0 bridgehead atoms. The van der Waals surface area contributed by atoms with Crippen molar-refractivity contribution in [2.24, 2.45) is 0 Å². The maximum absolute atomic E-state index is 13.0. The Morgan fingerprint density at radius 3 is 2.22 bits per heavy atom. The summed E-state index contributed by atoms with van der Waals surface area (Å²) in [4.78, 5) is 0. The second kappa shape index (κ2) is 4.37. The van der Waals surface area contributed by atoms with Crippen LogP contribution >= 0.6 is 0 Å². The lowest BCUT2D eigenvalue weighted by atomic mass is 9.95. The summed E-state index contributed by atoms with van der Waals surface area (Å²) in [5.41, 5.74) is 6.39. The van der Waals surface area contributed by atoms with Crippen LogP contribution in [0.2, 0.25) is 0 Å². The van der Waals surface area contributed by atoms with Gasteiger partial charge in [0.1, 0.15) is 0 Å². The van der Waals surface area contributed by atoms with Crippen molar-refractivity contribution in [3.63, 3.8) is 0 Å². The summed E-state index contributed by atoms with van der Waals surface area (Å²) < 4.78 is 39.0. The monoisotopic (exact) mass is 251 g/mol. The zero-order valence-electron chi connectivity index (χ0n) is 9.75. The fourth-order valence-corrected chi connectivity index (χ4v) is 1.91. The molecule has 0 radical (unpaired) electrons. The molecule has 1 nitrogen and oxygen atoms in total. The van der Waals surface area contributed by atoms with E-state index < -0.39 is 11.7 Å². The van der Waals surface area contributed by atoms with Gasteiger partial charge in [0.15, 0.2) is 0 Å². The largest absolute Gasteiger partial charge is 0.417 e. The molecule has 0 spiro atoms. The molecular weight excluding hydrogens is 239 g/mol. The number of alkyl halides is 3. The second-order valence-electron chi connectivity index (χ2n) is 4.12. The topological polar surface area (TPSA) is 26.0 Å². The predicted octanol–water partition coefficient (Wildman–Crippen LogP) is 4.26. The minimum Gasteiger partial charge on any atom is -0.399 e. The molecule has 0 amide bonds. The number of halogens is 3. The quantitative estimate of drug-likeness (QED) is 0.753. The number of hydrogen-bond acceptors (Lipinski definition) is 1. The molecule has 0 unspecified atom stereocenters. The van der Waals surface area contributed by atoms with E-state index in [-0.39, 0.29) is 11.3 Å². The molecule has 0 fully saturated rings. The van der Waals surface area contributed by atoms with Crippen molar-refractivity contribution < 1.29 is 13.2 Å². The molecule has 4 heteroatoms. The van der Waals surface area contributed by atoms with E-state index in [1.807, 2.05) is 0 Å². The summed E-state index contributed by atoms with van der Waals surface area (Å²) in [5, 5.41) is 0. The Balaban J connectivity index is 2.69. The normalized spacial score (nSPS) is 11.6. The third-order valence-corrected chi connectivity index (χ3v) is 2.78. The fraction of sp³-hybridized carbons (Fsp3) is 0.143. The molecule has 0 aliphatic carbocycles. The van der Waals surface area contributed by atoms with Gasteiger partial charge in [-0.2, -0.15) is 13.2 Å². The Morgan fingerprint density at radius 1 is 0.944 bits per heavy atom. The molecule has 2 N–H and O–H groups in total. The number of nitrogens with two attached hydrogens (primary N) is 1. The van der Waals surface area contributed by atoms with E-state index in [4.69, 9.17) is 5.73 Å². The van der Waals surface area contributed by atoms with Crippen LogP contribution in [-0.2, 0) is 6.18 Å². The van der Waals surface area contributed by atoms with Gasteiger partial charge < -0.3 is 5.73 Å². The van der Waals surface area contributed by atoms with Crippen molar-refractivity contribution in [3.8, 4) is 11.1 Å². The molecule has 2 aromatic carbocycles. The molecule has 2 aromatic rings. The van der Waals surface area contributed by atoms with Crippen LogP contribution < -0.4 is 5.73 Å². The number of benzene rings is 2. The Kier molecular flexibility index (Phi) is 3.03. The highest BCUT2D eigenvalue weighted by Gasteiger charge is 2.34. The molecule has 18 heavy (non-hydrogen) atoms. The van der Waals surface area contributed by atoms with Crippen LogP contribution in [0.3, 0.4) is 0 Å². The van der Waals surface area contributed by atoms with E-state index in [1.54, 1.807) is 31.2 Å². The van der Waals surface area contributed by atoms with Crippen LogP contribution in [0.1, 0.15) is 11.1 Å². The van der Waals surface area contributed by atoms with Crippen LogP contribution in [0.25, 0.3) is 11.1 Å². The van der Waals surface area contributed by atoms with Crippen LogP contribution in [0.15, 0.2) is 42.5 Å². The molecular formula is C14H12F3N. The predicted molar refractivity (Wildman–Crippen MR) is 66.0 cm³/mol. The van der Waals surface area contributed by atoms with Gasteiger partial charge in [0.25, 0.3) is 0 Å². The van der Waals surface area contributed by atoms with Crippen molar-refractivity contribution in [3.05, 3.63) is 53.6 Å². The average Bonchev–Trinajstić information content (AvgIpc) is 2.29. The van der Waals surface area contributed by atoms with E-state index in [0.717, 1.165) is 11.6 Å². The first kappa shape index (κ1) is 12.5. The number of anilines is 1. The maximum atomic E-state index is 13.0. The number of aryl methyl sites for hydroxylation is 1. The Morgan fingerprint density at radius 2 is 1.61 bits per heavy atom. The lowest BCUT2D eigenvalue weighted by molar-refractivity contribution is -0.137. The van der Waals surface area contributed by atoms with Crippen LogP contribution in [0.5, 0.6) is 0 Å². The van der Waals surface area contributed by atoms with Crippen LogP contribution in [-0.4, -0.2) is 0 Å². The average molecular weight is 251 g/mol. The second-order valence-corrected chi connectivity index (χ2v) is 4.12. The molecule has 0 saturated heterocycles. The molecule has 0 saturated carbocycles. The zero-order valence-corrected chi connectivity index (χ0v) is 9.75. The standard InChI is InChI=1S/C14H12F3N/c1-9-4-2-3-5-11(9)12-7-6-10(18)8-13(12)14(15,16)17/h2-8H,18H2,1H3. The van der Waals surface area contributed by atoms with Gasteiger partial charge in [0.05, 0.1) is 5.56 Å². The fourth-order valence-electron chi connectivity index (χ4n) is 1.91. The van der Waals surface area contributed by atoms with Crippen LogP contribution in [0, 0.1) is 6.92 Å². The third kappa shape index (κ3) is 2.32. The van der Waals surface area contributed by atoms with Crippen molar-refractivity contribution in [1.82, 2.24) is 0 Å². The Labute approximate surface area is 103 Å². The zero-order chi connectivity index (χ0) is 13.3. The van der Waals surface area contributed by atoms with Crippen LogP contribution in [0.4, 0.5) is 18.9 Å². The van der Waals surface area contributed by atoms with E-state index in [0.29, 0.717) is 5.56 Å². The molecule has 0 aliphatic rings. The smallest absolute Gasteiger partial charge is 0.399 e. The summed E-state index contributed by atoms with van der Waals surface area (Å²) in [5.74, 6) is 0. The van der Waals surface area contributed by atoms with Gasteiger partial charge in [-0.15, -0.1) is 0 Å². The van der Waals surface area contributed by atoms with Crippen molar-refractivity contribution >= 4 is 5.69 Å². The van der Waals surface area contributed by atoms with E-state index >= 15 is 0 Å². The van der Waals surface area contributed by atoms with Gasteiger partial charge in [-0.25, -0.2) is 0 Å². The molecule has 0 aliphatic heterocycles. The SMILES string of the molecule is Cc1ccccc1-c1ccc(N)cc1C(F)(F)F. The van der Waals surface area contributed by atoms with Gasteiger partial charge in [0, 0.05) is 5.69 Å². The van der Waals surface area contributed by atoms with E-state index in [2.05, 4.69) is 0 Å². The lowest BCUT2D eigenvalue weighted by Crippen LogP contribution is -2.08. The maximum Gasteiger partial charge on any atom is 0.417 e. The minimum atomic E-state index is -4.41. The first-order valence-corrected chi connectivity index (χ1v) is 5.42. The first-order valence-electron chi connectivity index (χ1n) is 5.42. The van der Waals surface area contributed by atoms with Crippen molar-refractivity contribution in [1.29, 1.82) is 0 Å². The highest BCUT2D eigenvalue weighted by atomic mass is 19.4. The minimum absolute atomic E-state index is 0.111. The summed E-state index contributed by atoms with van der Waals surface area (Å²) in [7, 11) is 0. The highest BCUT2D eigenvalue weighted by Crippen LogP contribution is 2.39. The summed E-state index contributed by atoms with van der Waals surface area (Å²) >= 11 is 0. The van der Waals surface area contributed by atoms with Gasteiger partial charge in [0.2, 0.25) is 0 Å². The Hall–Kier alpha value is -1.97. The number of rotatable bonds is 1. The first-order chi connectivity index (χ1) is 8.39. The van der Waals surface area contributed by atoms with E-state index in [9.17, 15) is 13.2 Å². The van der Waals surface area contributed by atoms with Gasteiger partial charge >= 0.3 is 6.18 Å².